The molecule has 1 aromatic carbocycles. The van der Waals surface area contributed by atoms with Crippen molar-refractivity contribution in [3.8, 4) is 0 Å². The molecule has 0 saturated heterocycles. The Balaban J connectivity index is 2.18. The Morgan fingerprint density at radius 1 is 1.41 bits per heavy atom. The Morgan fingerprint density at radius 3 is 2.66 bits per heavy atom. The van der Waals surface area contributed by atoms with E-state index in [2.05, 4.69) is 15.6 Å². The van der Waals surface area contributed by atoms with Crippen molar-refractivity contribution < 1.29 is 19.6 Å². The number of carbonyl (C=O) groups is 1. The van der Waals surface area contributed by atoms with Crippen LogP contribution in [0.4, 0.5) is 27.8 Å². The molecule has 0 fully saturated rings. The third kappa shape index (κ3) is 5.93. The van der Waals surface area contributed by atoms with Crippen LogP contribution in [0, 0.1) is 10.1 Å². The average Bonchev–Trinajstić information content (AvgIpc) is 2.65. The lowest BCUT2D eigenvalue weighted by Gasteiger charge is -2.20. The summed E-state index contributed by atoms with van der Waals surface area (Å²) in [5.41, 5.74) is 6.10. The summed E-state index contributed by atoms with van der Waals surface area (Å²) in [6.07, 6.45) is -1.64. The number of pyridine rings is 1. The number of aliphatic hydroxyl groups excluding tert-OH is 1. The molecule has 1 heterocycles. The molecule has 11 heteroatoms. The van der Waals surface area contributed by atoms with Crippen molar-refractivity contribution in [1.82, 2.24) is 4.98 Å². The third-order valence-electron chi connectivity index (χ3n) is 4.18. The second-order valence-corrected chi connectivity index (χ2v) is 6.62. The van der Waals surface area contributed by atoms with Gasteiger partial charge in [0.2, 0.25) is 5.82 Å². The molecular formula is C18H22ClN5O5. The molecule has 156 valence electrons. The summed E-state index contributed by atoms with van der Waals surface area (Å²) in [6, 6.07) is 8.28. The van der Waals surface area contributed by atoms with E-state index in [4.69, 9.17) is 22.1 Å². The largest absolute Gasteiger partial charge is 0.450 e. The molecule has 0 aliphatic rings. The number of nitrogen functional groups attached to an aromatic ring is 1. The first kappa shape index (κ1) is 22.2. The van der Waals surface area contributed by atoms with Gasteiger partial charge >= 0.3 is 11.8 Å². The number of nitrogens with zero attached hydrogens (tertiary/aromatic N) is 2. The van der Waals surface area contributed by atoms with Gasteiger partial charge < -0.3 is 20.9 Å². The molecule has 0 aliphatic heterocycles. The number of nitro groups is 1. The van der Waals surface area contributed by atoms with Crippen LogP contribution in [0.25, 0.3) is 0 Å². The normalized spacial score (nSPS) is 12.7. The van der Waals surface area contributed by atoms with Crippen LogP contribution in [0.3, 0.4) is 0 Å². The number of aliphatic hydroxyl groups is 1. The Bertz CT molecular complexity index is 878. The van der Waals surface area contributed by atoms with Crippen molar-refractivity contribution in [2.24, 2.45) is 0 Å². The maximum Gasteiger partial charge on any atom is 0.412 e. The average molecular weight is 424 g/mol. The first-order chi connectivity index (χ1) is 13.7. The van der Waals surface area contributed by atoms with Crippen molar-refractivity contribution in [1.29, 1.82) is 0 Å². The molecule has 0 saturated carbocycles. The van der Waals surface area contributed by atoms with Crippen LogP contribution < -0.4 is 16.4 Å². The molecule has 0 spiro atoms. The van der Waals surface area contributed by atoms with Gasteiger partial charge in [0.15, 0.2) is 0 Å². The van der Waals surface area contributed by atoms with Crippen molar-refractivity contribution in [3.63, 3.8) is 0 Å². The van der Waals surface area contributed by atoms with Crippen LogP contribution in [0.15, 0.2) is 30.3 Å². The number of anilines is 3. The highest BCUT2D eigenvalue weighted by Gasteiger charge is 2.24. The van der Waals surface area contributed by atoms with Crippen LogP contribution in [0.1, 0.15) is 25.3 Å². The van der Waals surface area contributed by atoms with E-state index in [1.165, 1.54) is 6.07 Å². The fraction of sp³-hybridized carbons (Fsp3) is 0.333. The lowest BCUT2D eigenvalue weighted by atomic mass is 9.95. The number of hydrogen-bond acceptors (Lipinski definition) is 8. The second-order valence-electron chi connectivity index (χ2n) is 6.18. The zero-order valence-electron chi connectivity index (χ0n) is 15.9. The van der Waals surface area contributed by atoms with Gasteiger partial charge in [-0.25, -0.2) is 9.78 Å². The zero-order valence-corrected chi connectivity index (χ0v) is 16.6. The summed E-state index contributed by atoms with van der Waals surface area (Å²) in [7, 11) is 0. The molecule has 29 heavy (non-hydrogen) atoms. The van der Waals surface area contributed by atoms with Gasteiger partial charge in [0.1, 0.15) is 11.5 Å². The summed E-state index contributed by atoms with van der Waals surface area (Å²) >= 11 is 5.87. The highest BCUT2D eigenvalue weighted by Crippen LogP contribution is 2.32. The van der Waals surface area contributed by atoms with E-state index in [9.17, 15) is 20.0 Å². The number of ether oxygens (including phenoxy) is 1. The molecule has 0 aliphatic carbocycles. The topological polar surface area (TPSA) is 153 Å². The molecule has 10 nitrogen and oxygen atoms in total. The number of rotatable bonds is 8. The molecule has 2 atom stereocenters. The number of aromatic nitrogens is 1. The van der Waals surface area contributed by atoms with Gasteiger partial charge in [-0.15, -0.1) is 0 Å². The van der Waals surface area contributed by atoms with Gasteiger partial charge in [0.05, 0.1) is 17.6 Å². The minimum atomic E-state index is -0.869. The molecule has 0 radical (unpaired) electrons. The highest BCUT2D eigenvalue weighted by atomic mass is 35.5. The van der Waals surface area contributed by atoms with Gasteiger partial charge in [0, 0.05) is 23.6 Å². The van der Waals surface area contributed by atoms with Crippen LogP contribution >= 0.6 is 11.6 Å². The summed E-state index contributed by atoms with van der Waals surface area (Å²) in [6.45, 7) is 3.59. The summed E-state index contributed by atoms with van der Waals surface area (Å²) < 4.78 is 4.76. The summed E-state index contributed by atoms with van der Waals surface area (Å²) in [4.78, 5) is 26.1. The molecule has 2 aromatic rings. The molecule has 5 N–H and O–H groups in total. The summed E-state index contributed by atoms with van der Waals surface area (Å²) in [5.74, 6) is -0.670. The fourth-order valence-corrected chi connectivity index (χ4v) is 2.73. The standard InChI is InChI=1S/C18H22ClN5O5/c1-3-29-18(26)23-15-8-13(16(24(27)28)17(20)22-15)21-9-14(25)10(2)11-4-6-12(19)7-5-11/h4-8,10,14,25H,3,9H2,1-2H3,(H4,20,21,22,23,26). The monoisotopic (exact) mass is 423 g/mol. The number of nitrogens with two attached hydrogens (primary N) is 1. The van der Waals surface area contributed by atoms with E-state index in [0.29, 0.717) is 5.02 Å². The molecule has 0 bridgehead atoms. The van der Waals surface area contributed by atoms with Gasteiger partial charge in [-0.05, 0) is 24.6 Å². The number of hydrogen-bond donors (Lipinski definition) is 4. The maximum absolute atomic E-state index is 11.6. The quantitative estimate of drug-likeness (QED) is 0.372. The van der Waals surface area contributed by atoms with Crippen molar-refractivity contribution in [2.75, 3.05) is 29.5 Å². The third-order valence-corrected chi connectivity index (χ3v) is 4.43. The number of halogens is 1. The number of carbonyl (C=O) groups excluding carboxylic acids is 1. The number of amides is 1. The second kappa shape index (κ2) is 9.89. The minimum absolute atomic E-state index is 0.00701. The van der Waals surface area contributed by atoms with Crippen LogP contribution in [0.2, 0.25) is 5.02 Å². The lowest BCUT2D eigenvalue weighted by Crippen LogP contribution is -2.26. The predicted molar refractivity (Wildman–Crippen MR) is 110 cm³/mol. The number of benzene rings is 1. The molecule has 2 rings (SSSR count). The lowest BCUT2D eigenvalue weighted by molar-refractivity contribution is -0.383. The van der Waals surface area contributed by atoms with E-state index in [1.54, 1.807) is 31.2 Å². The summed E-state index contributed by atoms with van der Waals surface area (Å²) in [5, 5.41) is 27.6. The predicted octanol–water partition coefficient (Wildman–Crippen LogP) is 3.37. The van der Waals surface area contributed by atoms with Gasteiger partial charge in [0.25, 0.3) is 0 Å². The van der Waals surface area contributed by atoms with Crippen LogP contribution in [-0.4, -0.2) is 40.4 Å². The smallest absolute Gasteiger partial charge is 0.412 e. The van der Waals surface area contributed by atoms with Gasteiger partial charge in [-0.3, -0.25) is 15.4 Å². The Kier molecular flexibility index (Phi) is 7.57. The first-order valence-corrected chi connectivity index (χ1v) is 9.16. The fourth-order valence-electron chi connectivity index (χ4n) is 2.60. The van der Waals surface area contributed by atoms with E-state index in [-0.39, 0.29) is 36.4 Å². The van der Waals surface area contributed by atoms with Gasteiger partial charge in [-0.1, -0.05) is 30.7 Å². The minimum Gasteiger partial charge on any atom is -0.450 e. The molecule has 1 amide bonds. The van der Waals surface area contributed by atoms with Crippen molar-refractivity contribution >= 4 is 40.7 Å². The van der Waals surface area contributed by atoms with E-state index < -0.39 is 22.8 Å². The molecule has 1 aromatic heterocycles. The Hall–Kier alpha value is -3.11. The maximum atomic E-state index is 11.6. The molecular weight excluding hydrogens is 402 g/mol. The van der Waals surface area contributed by atoms with Gasteiger partial charge in [-0.2, -0.15) is 0 Å². The molecule has 2 unspecified atom stereocenters. The Labute approximate surface area is 172 Å². The van der Waals surface area contributed by atoms with Crippen LogP contribution in [0.5, 0.6) is 0 Å². The highest BCUT2D eigenvalue weighted by molar-refractivity contribution is 6.30. The Morgan fingerprint density at radius 2 is 2.07 bits per heavy atom. The van der Waals surface area contributed by atoms with E-state index in [0.717, 1.165) is 5.56 Å². The van der Waals surface area contributed by atoms with E-state index in [1.807, 2.05) is 6.92 Å². The van der Waals surface area contributed by atoms with Crippen LogP contribution in [-0.2, 0) is 4.74 Å². The number of nitrogens with one attached hydrogen (secondary N) is 2. The zero-order chi connectivity index (χ0) is 21.6. The van der Waals surface area contributed by atoms with Crippen molar-refractivity contribution in [3.05, 3.63) is 51.0 Å². The van der Waals surface area contributed by atoms with Crippen molar-refractivity contribution in [2.45, 2.75) is 25.9 Å². The van der Waals surface area contributed by atoms with E-state index >= 15 is 0 Å². The first-order valence-electron chi connectivity index (χ1n) is 8.79. The SMILES string of the molecule is CCOC(=O)Nc1cc(NCC(O)C(C)c2ccc(Cl)cc2)c([N+](=O)[O-])c(N)n1.